The second kappa shape index (κ2) is 5.79. The molecule has 1 unspecified atom stereocenters. The number of H-pyrrole nitrogens is 1. The molecule has 0 saturated carbocycles. The molecule has 8 heteroatoms. The molecule has 1 atom stereocenters. The van der Waals surface area contributed by atoms with Crippen molar-refractivity contribution in [3.8, 4) is 5.75 Å². The molecule has 1 amide bonds. The molecular weight excluding hydrogens is 319 g/mol. The largest absolute Gasteiger partial charge is 0.480 e. The molecule has 19 heavy (non-hydrogen) atoms. The van der Waals surface area contributed by atoms with Crippen molar-refractivity contribution in [2.24, 2.45) is 0 Å². The number of ether oxygens (including phenoxy) is 1. The zero-order valence-electron chi connectivity index (χ0n) is 9.85. The first-order valence-electron chi connectivity index (χ1n) is 5.34. The van der Waals surface area contributed by atoms with E-state index < -0.39 is 17.8 Å². The van der Waals surface area contributed by atoms with Crippen molar-refractivity contribution in [1.29, 1.82) is 0 Å². The van der Waals surface area contributed by atoms with Gasteiger partial charge in [0.1, 0.15) is 17.9 Å². The number of carbonyl (C=O) groups is 1. The number of hydrogen-bond donors (Lipinski definition) is 2. The fraction of sp³-hybridized carbons (Fsp3) is 0.182. The van der Waals surface area contributed by atoms with Gasteiger partial charge in [0.2, 0.25) is 5.95 Å². The molecule has 0 bridgehead atoms. The molecule has 100 valence electrons. The average Bonchev–Trinajstić information content (AvgIpc) is 2.85. The standard InChI is InChI=1S/C11H10BrFN4O2/c1-6(10(18)16-11-14-5-15-17-11)19-9-3-2-7(13)4-8(9)12/h2-6H,1H3,(H2,14,15,16,17,18). The van der Waals surface area contributed by atoms with Crippen molar-refractivity contribution in [3.05, 3.63) is 34.8 Å². The van der Waals surface area contributed by atoms with Gasteiger partial charge in [0, 0.05) is 0 Å². The van der Waals surface area contributed by atoms with Crippen LogP contribution in [-0.2, 0) is 4.79 Å². The van der Waals surface area contributed by atoms with Gasteiger partial charge < -0.3 is 4.74 Å². The minimum Gasteiger partial charge on any atom is -0.480 e. The van der Waals surface area contributed by atoms with Crippen molar-refractivity contribution in [2.45, 2.75) is 13.0 Å². The zero-order valence-corrected chi connectivity index (χ0v) is 11.4. The summed E-state index contributed by atoms with van der Waals surface area (Å²) in [6.07, 6.45) is 0.504. The molecule has 0 spiro atoms. The molecule has 2 aromatic rings. The fourth-order valence-electron chi connectivity index (χ4n) is 1.30. The monoisotopic (exact) mass is 328 g/mol. The first-order valence-corrected chi connectivity index (χ1v) is 6.13. The lowest BCUT2D eigenvalue weighted by Gasteiger charge is -2.14. The lowest BCUT2D eigenvalue weighted by Crippen LogP contribution is -2.30. The van der Waals surface area contributed by atoms with Crippen molar-refractivity contribution < 1.29 is 13.9 Å². The quantitative estimate of drug-likeness (QED) is 0.900. The smallest absolute Gasteiger partial charge is 0.267 e. The molecule has 0 aliphatic heterocycles. The van der Waals surface area contributed by atoms with Gasteiger partial charge in [-0.1, -0.05) is 0 Å². The predicted molar refractivity (Wildman–Crippen MR) is 69.2 cm³/mol. The molecule has 6 nitrogen and oxygen atoms in total. The van der Waals surface area contributed by atoms with Crippen LogP contribution >= 0.6 is 15.9 Å². The first-order chi connectivity index (χ1) is 9.06. The van der Waals surface area contributed by atoms with E-state index in [-0.39, 0.29) is 5.95 Å². The van der Waals surface area contributed by atoms with E-state index in [9.17, 15) is 9.18 Å². The Bertz CT molecular complexity index is 576. The van der Waals surface area contributed by atoms with Gasteiger partial charge >= 0.3 is 0 Å². The Kier molecular flexibility index (Phi) is 4.10. The Hall–Kier alpha value is -1.96. The van der Waals surface area contributed by atoms with Crippen molar-refractivity contribution in [2.75, 3.05) is 5.32 Å². The van der Waals surface area contributed by atoms with Crippen molar-refractivity contribution >= 4 is 27.8 Å². The van der Waals surface area contributed by atoms with Crippen LogP contribution < -0.4 is 10.1 Å². The third-order valence-electron chi connectivity index (χ3n) is 2.22. The molecule has 2 rings (SSSR count). The minimum atomic E-state index is -0.771. The highest BCUT2D eigenvalue weighted by atomic mass is 79.9. The third kappa shape index (κ3) is 3.50. The van der Waals surface area contributed by atoms with Gasteiger partial charge in [0.25, 0.3) is 5.91 Å². The first kappa shape index (κ1) is 13.5. The Labute approximate surface area is 116 Å². The van der Waals surface area contributed by atoms with E-state index in [0.29, 0.717) is 10.2 Å². The number of aromatic nitrogens is 3. The Morgan fingerprint density at radius 3 is 3.00 bits per heavy atom. The Morgan fingerprint density at radius 2 is 2.37 bits per heavy atom. The normalized spacial score (nSPS) is 11.9. The SMILES string of the molecule is CC(Oc1ccc(F)cc1Br)C(=O)Nc1ncn[nH]1. The highest BCUT2D eigenvalue weighted by Gasteiger charge is 2.17. The van der Waals surface area contributed by atoms with Crippen LogP contribution in [0.1, 0.15) is 6.92 Å². The molecule has 1 aromatic carbocycles. The van der Waals surface area contributed by atoms with Crippen molar-refractivity contribution in [3.63, 3.8) is 0 Å². The Morgan fingerprint density at radius 1 is 1.58 bits per heavy atom. The van der Waals surface area contributed by atoms with Gasteiger partial charge in [-0.15, -0.1) is 0 Å². The molecule has 2 N–H and O–H groups in total. The number of halogens is 2. The maximum atomic E-state index is 12.9. The second-order valence-electron chi connectivity index (χ2n) is 3.66. The van der Waals surface area contributed by atoms with E-state index >= 15 is 0 Å². The van der Waals surface area contributed by atoms with E-state index in [1.54, 1.807) is 6.92 Å². The second-order valence-corrected chi connectivity index (χ2v) is 4.51. The van der Waals surface area contributed by atoms with E-state index in [0.717, 1.165) is 0 Å². The van der Waals surface area contributed by atoms with E-state index in [1.165, 1.54) is 24.5 Å². The number of benzene rings is 1. The minimum absolute atomic E-state index is 0.235. The summed E-state index contributed by atoms with van der Waals surface area (Å²) in [4.78, 5) is 15.5. The number of aromatic amines is 1. The summed E-state index contributed by atoms with van der Waals surface area (Å²) in [5, 5.41) is 8.59. The van der Waals surface area contributed by atoms with Gasteiger partial charge in [0.15, 0.2) is 6.10 Å². The average molecular weight is 329 g/mol. The van der Waals surface area contributed by atoms with E-state index in [1.807, 2.05) is 0 Å². The number of amides is 1. The summed E-state index contributed by atoms with van der Waals surface area (Å²) < 4.78 is 18.8. The van der Waals surface area contributed by atoms with Crippen LogP contribution in [0.3, 0.4) is 0 Å². The maximum Gasteiger partial charge on any atom is 0.267 e. The topological polar surface area (TPSA) is 79.9 Å². The van der Waals surface area contributed by atoms with Crippen LogP contribution in [0.5, 0.6) is 5.75 Å². The lowest BCUT2D eigenvalue weighted by atomic mass is 10.3. The Balaban J connectivity index is 2.00. The van der Waals surface area contributed by atoms with Crippen LogP contribution in [0.2, 0.25) is 0 Å². The van der Waals surface area contributed by atoms with Gasteiger partial charge in [-0.05, 0) is 41.1 Å². The summed E-state index contributed by atoms with van der Waals surface area (Å²) in [6.45, 7) is 1.57. The summed E-state index contributed by atoms with van der Waals surface area (Å²) in [5.74, 6) is -0.175. The third-order valence-corrected chi connectivity index (χ3v) is 2.84. The predicted octanol–water partition coefficient (Wildman–Crippen LogP) is 2.11. The highest BCUT2D eigenvalue weighted by Crippen LogP contribution is 2.26. The molecule has 0 fully saturated rings. The molecule has 0 saturated heterocycles. The van der Waals surface area contributed by atoms with Crippen molar-refractivity contribution in [1.82, 2.24) is 15.2 Å². The van der Waals surface area contributed by atoms with Gasteiger partial charge in [-0.2, -0.15) is 10.1 Å². The number of nitrogens with zero attached hydrogens (tertiary/aromatic N) is 2. The van der Waals surface area contributed by atoms with Crippen LogP contribution in [-0.4, -0.2) is 27.2 Å². The number of nitrogens with one attached hydrogen (secondary N) is 2. The zero-order chi connectivity index (χ0) is 13.8. The number of rotatable bonds is 4. The van der Waals surface area contributed by atoms with Crippen LogP contribution in [0.15, 0.2) is 29.0 Å². The maximum absolute atomic E-state index is 12.9. The number of hydrogen-bond acceptors (Lipinski definition) is 4. The van der Waals surface area contributed by atoms with Crippen LogP contribution in [0.4, 0.5) is 10.3 Å². The molecule has 1 heterocycles. The van der Waals surface area contributed by atoms with E-state index in [4.69, 9.17) is 4.74 Å². The van der Waals surface area contributed by atoms with Gasteiger partial charge in [-0.3, -0.25) is 10.1 Å². The molecule has 1 aromatic heterocycles. The summed E-state index contributed by atoms with van der Waals surface area (Å²) >= 11 is 3.16. The number of anilines is 1. The summed E-state index contributed by atoms with van der Waals surface area (Å²) in [7, 11) is 0. The molecule has 0 aliphatic rings. The molecular formula is C11H10BrFN4O2. The summed E-state index contributed by atoms with van der Waals surface area (Å²) in [6, 6.07) is 3.95. The van der Waals surface area contributed by atoms with E-state index in [2.05, 4.69) is 36.4 Å². The van der Waals surface area contributed by atoms with Crippen LogP contribution in [0, 0.1) is 5.82 Å². The lowest BCUT2D eigenvalue weighted by molar-refractivity contribution is -0.122. The highest BCUT2D eigenvalue weighted by molar-refractivity contribution is 9.10. The van der Waals surface area contributed by atoms with Gasteiger partial charge in [-0.25, -0.2) is 9.49 Å². The number of carbonyl (C=O) groups excluding carboxylic acids is 1. The summed E-state index contributed by atoms with van der Waals surface area (Å²) in [5.41, 5.74) is 0. The van der Waals surface area contributed by atoms with Gasteiger partial charge in [0.05, 0.1) is 4.47 Å². The molecule has 0 aliphatic carbocycles. The van der Waals surface area contributed by atoms with Crippen LogP contribution in [0.25, 0.3) is 0 Å². The fourth-order valence-corrected chi connectivity index (χ4v) is 1.74. The molecule has 0 radical (unpaired) electrons.